The van der Waals surface area contributed by atoms with Crippen LogP contribution in [0, 0.1) is 5.82 Å². The Kier molecular flexibility index (Phi) is 3.84. The van der Waals surface area contributed by atoms with Crippen LogP contribution in [0.5, 0.6) is 11.5 Å². The molecule has 0 aliphatic carbocycles. The van der Waals surface area contributed by atoms with Crippen molar-refractivity contribution in [2.45, 2.75) is 26.2 Å². The fourth-order valence-corrected chi connectivity index (χ4v) is 2.59. The van der Waals surface area contributed by atoms with E-state index < -0.39 is 0 Å². The molecule has 0 spiro atoms. The zero-order valence-electron chi connectivity index (χ0n) is 12.6. The van der Waals surface area contributed by atoms with Gasteiger partial charge >= 0.3 is 5.97 Å². The van der Waals surface area contributed by atoms with Crippen molar-refractivity contribution in [1.82, 2.24) is 0 Å². The first-order valence-electron chi connectivity index (χ1n) is 7.25. The lowest BCUT2D eigenvalue weighted by atomic mass is 9.94. The number of carbonyl (C=O) groups excluding carboxylic acids is 1. The van der Waals surface area contributed by atoms with Crippen LogP contribution >= 0.6 is 0 Å². The van der Waals surface area contributed by atoms with Gasteiger partial charge in [-0.15, -0.1) is 0 Å². The number of ether oxygens (including phenoxy) is 2. The van der Waals surface area contributed by atoms with Crippen LogP contribution in [-0.2, 0) is 16.0 Å². The maximum atomic E-state index is 13.4. The van der Waals surface area contributed by atoms with Gasteiger partial charge in [-0.25, -0.2) is 4.39 Å². The second-order valence-corrected chi connectivity index (χ2v) is 5.60. The van der Waals surface area contributed by atoms with Gasteiger partial charge < -0.3 is 9.47 Å². The molecule has 22 heavy (non-hydrogen) atoms. The molecule has 4 heteroatoms. The van der Waals surface area contributed by atoms with E-state index in [1.807, 2.05) is 25.1 Å². The molecular weight excluding hydrogens is 283 g/mol. The minimum atomic E-state index is -0.280. The molecule has 3 nitrogen and oxygen atoms in total. The molecule has 0 N–H and O–H groups in total. The highest BCUT2D eigenvalue weighted by Gasteiger charge is 2.19. The zero-order valence-corrected chi connectivity index (χ0v) is 12.6. The van der Waals surface area contributed by atoms with Gasteiger partial charge in [0.1, 0.15) is 17.3 Å². The summed E-state index contributed by atoms with van der Waals surface area (Å²) < 4.78 is 24.2. The SMILES string of the molecule is CC(=O)OCC(C)c1ccc2c(c1)Cc1cc(F)ccc1O2. The van der Waals surface area contributed by atoms with Crippen LogP contribution in [0.25, 0.3) is 0 Å². The first kappa shape index (κ1) is 14.6. The summed E-state index contributed by atoms with van der Waals surface area (Å²) in [5.41, 5.74) is 2.94. The zero-order chi connectivity index (χ0) is 15.7. The smallest absolute Gasteiger partial charge is 0.302 e. The molecule has 114 valence electrons. The van der Waals surface area contributed by atoms with Gasteiger partial charge in [-0.2, -0.15) is 0 Å². The third-order valence-corrected chi connectivity index (χ3v) is 3.81. The Morgan fingerprint density at radius 3 is 2.64 bits per heavy atom. The maximum absolute atomic E-state index is 13.4. The highest BCUT2D eigenvalue weighted by atomic mass is 19.1. The van der Waals surface area contributed by atoms with Crippen LogP contribution in [0.15, 0.2) is 36.4 Å². The standard InChI is InChI=1S/C18H17FO3/c1-11(10-21-12(2)20)13-3-5-17-14(7-13)8-15-9-16(19)4-6-18(15)22-17/h3-7,9,11H,8,10H2,1-2H3. The summed E-state index contributed by atoms with van der Waals surface area (Å²) in [6.07, 6.45) is 0.635. The minimum absolute atomic E-state index is 0.100. The summed E-state index contributed by atoms with van der Waals surface area (Å²) in [5, 5.41) is 0. The number of rotatable bonds is 3. The summed E-state index contributed by atoms with van der Waals surface area (Å²) in [5.74, 6) is 1.06. The Morgan fingerprint density at radius 2 is 1.91 bits per heavy atom. The first-order valence-corrected chi connectivity index (χ1v) is 7.25. The number of halogens is 1. The highest BCUT2D eigenvalue weighted by molar-refractivity contribution is 5.66. The number of hydrogen-bond donors (Lipinski definition) is 0. The van der Waals surface area contributed by atoms with E-state index >= 15 is 0 Å². The quantitative estimate of drug-likeness (QED) is 0.680. The average molecular weight is 300 g/mol. The van der Waals surface area contributed by atoms with Crippen molar-refractivity contribution >= 4 is 5.97 Å². The molecule has 0 aromatic heterocycles. The predicted molar refractivity (Wildman–Crippen MR) is 80.8 cm³/mol. The number of benzene rings is 2. The van der Waals surface area contributed by atoms with Crippen molar-refractivity contribution in [1.29, 1.82) is 0 Å². The van der Waals surface area contributed by atoms with E-state index in [2.05, 4.69) is 0 Å². The Hall–Kier alpha value is -2.36. The topological polar surface area (TPSA) is 35.5 Å². The van der Waals surface area contributed by atoms with Crippen LogP contribution in [0.4, 0.5) is 4.39 Å². The van der Waals surface area contributed by atoms with E-state index in [-0.39, 0.29) is 17.7 Å². The normalized spacial score (nSPS) is 13.6. The van der Waals surface area contributed by atoms with Gasteiger partial charge in [-0.1, -0.05) is 19.1 Å². The molecule has 1 unspecified atom stereocenters. The van der Waals surface area contributed by atoms with Crippen molar-refractivity contribution < 1.29 is 18.7 Å². The second kappa shape index (κ2) is 5.79. The Balaban J connectivity index is 1.83. The molecule has 1 heterocycles. The Bertz CT molecular complexity index is 724. The molecule has 1 aliphatic heterocycles. The van der Waals surface area contributed by atoms with Gasteiger partial charge in [0.25, 0.3) is 0 Å². The molecular formula is C18H17FO3. The molecule has 0 saturated carbocycles. The number of fused-ring (bicyclic) bond motifs is 2. The minimum Gasteiger partial charge on any atom is -0.465 e. The third kappa shape index (κ3) is 2.96. The van der Waals surface area contributed by atoms with Crippen molar-refractivity contribution in [2.24, 2.45) is 0 Å². The van der Waals surface area contributed by atoms with Gasteiger partial charge in [0.05, 0.1) is 6.61 Å². The molecule has 0 radical (unpaired) electrons. The lowest BCUT2D eigenvalue weighted by Gasteiger charge is -2.22. The summed E-state index contributed by atoms with van der Waals surface area (Å²) >= 11 is 0. The van der Waals surface area contributed by atoms with Gasteiger partial charge in [0, 0.05) is 24.8 Å². The van der Waals surface area contributed by atoms with Crippen LogP contribution < -0.4 is 4.74 Å². The third-order valence-electron chi connectivity index (χ3n) is 3.81. The van der Waals surface area contributed by atoms with Crippen molar-refractivity contribution in [3.05, 3.63) is 58.9 Å². The first-order chi connectivity index (χ1) is 10.5. The van der Waals surface area contributed by atoms with E-state index in [0.29, 0.717) is 18.8 Å². The molecule has 0 fully saturated rings. The van der Waals surface area contributed by atoms with E-state index in [1.165, 1.54) is 19.1 Å². The monoisotopic (exact) mass is 300 g/mol. The molecule has 2 aromatic carbocycles. The second-order valence-electron chi connectivity index (χ2n) is 5.60. The molecule has 0 amide bonds. The van der Waals surface area contributed by atoms with Crippen molar-refractivity contribution in [2.75, 3.05) is 6.61 Å². The van der Waals surface area contributed by atoms with E-state index in [1.54, 1.807) is 6.07 Å². The van der Waals surface area contributed by atoms with Gasteiger partial charge in [-0.3, -0.25) is 4.79 Å². The maximum Gasteiger partial charge on any atom is 0.302 e. The van der Waals surface area contributed by atoms with Gasteiger partial charge in [-0.05, 0) is 35.4 Å². The fourth-order valence-electron chi connectivity index (χ4n) is 2.59. The van der Waals surface area contributed by atoms with Gasteiger partial charge in [0.15, 0.2) is 0 Å². The van der Waals surface area contributed by atoms with Crippen LogP contribution in [0.1, 0.15) is 36.5 Å². The molecule has 1 aliphatic rings. The summed E-state index contributed by atoms with van der Waals surface area (Å²) in [6.45, 7) is 3.75. The van der Waals surface area contributed by atoms with Crippen molar-refractivity contribution in [3.63, 3.8) is 0 Å². The van der Waals surface area contributed by atoms with Crippen LogP contribution in [-0.4, -0.2) is 12.6 Å². The van der Waals surface area contributed by atoms with Crippen LogP contribution in [0.3, 0.4) is 0 Å². The Morgan fingerprint density at radius 1 is 1.23 bits per heavy atom. The van der Waals surface area contributed by atoms with Crippen LogP contribution in [0.2, 0.25) is 0 Å². The molecule has 1 atom stereocenters. The van der Waals surface area contributed by atoms with E-state index in [9.17, 15) is 9.18 Å². The summed E-state index contributed by atoms with van der Waals surface area (Å²) in [4.78, 5) is 10.9. The van der Waals surface area contributed by atoms with Gasteiger partial charge in [0.2, 0.25) is 0 Å². The summed E-state index contributed by atoms with van der Waals surface area (Å²) in [6, 6.07) is 10.5. The largest absolute Gasteiger partial charge is 0.465 e. The number of esters is 1. The molecule has 2 aromatic rings. The lowest BCUT2D eigenvalue weighted by Crippen LogP contribution is -2.09. The fraction of sp³-hybridized carbons (Fsp3) is 0.278. The lowest BCUT2D eigenvalue weighted by molar-refractivity contribution is -0.141. The van der Waals surface area contributed by atoms with E-state index in [0.717, 1.165) is 22.4 Å². The van der Waals surface area contributed by atoms with E-state index in [4.69, 9.17) is 9.47 Å². The molecule has 0 bridgehead atoms. The summed E-state index contributed by atoms with van der Waals surface area (Å²) in [7, 11) is 0. The predicted octanol–water partition coefficient (Wildman–Crippen LogP) is 4.19. The Labute approximate surface area is 128 Å². The number of hydrogen-bond acceptors (Lipinski definition) is 3. The number of carbonyl (C=O) groups is 1. The average Bonchev–Trinajstić information content (AvgIpc) is 2.50. The molecule has 3 rings (SSSR count). The van der Waals surface area contributed by atoms with Crippen molar-refractivity contribution in [3.8, 4) is 11.5 Å². The highest BCUT2D eigenvalue weighted by Crippen LogP contribution is 2.38. The molecule has 0 saturated heterocycles.